The average Bonchev–Trinajstić information content (AvgIpc) is 2.53. The van der Waals surface area contributed by atoms with Crippen molar-refractivity contribution in [1.82, 2.24) is 0 Å². The maximum atomic E-state index is 11.7. The van der Waals surface area contributed by atoms with E-state index in [4.69, 9.17) is 0 Å². The molecule has 1 aromatic rings. The molecule has 0 aromatic heterocycles. The SMILES string of the molecule is CCC(C)c1ccc(CCCCCCCS(=O)(=O)C(C)C)cc1. The molecule has 0 saturated heterocycles. The third kappa shape index (κ3) is 7.52. The van der Waals surface area contributed by atoms with Crippen LogP contribution in [0.25, 0.3) is 0 Å². The Bertz CT molecular complexity index is 529. The third-order valence-electron chi connectivity index (χ3n) is 4.77. The predicted octanol–water partition coefficient (Wildman–Crippen LogP) is 5.52. The molecule has 1 atom stereocenters. The lowest BCUT2D eigenvalue weighted by atomic mass is 9.96. The Morgan fingerprint density at radius 2 is 1.43 bits per heavy atom. The monoisotopic (exact) mass is 338 g/mol. The van der Waals surface area contributed by atoms with Crippen molar-refractivity contribution in [3.63, 3.8) is 0 Å². The van der Waals surface area contributed by atoms with Crippen LogP contribution in [0.15, 0.2) is 24.3 Å². The van der Waals surface area contributed by atoms with Crippen LogP contribution >= 0.6 is 0 Å². The normalized spacial score (nSPS) is 13.4. The van der Waals surface area contributed by atoms with Crippen LogP contribution in [-0.4, -0.2) is 19.4 Å². The van der Waals surface area contributed by atoms with Crippen LogP contribution in [0.4, 0.5) is 0 Å². The van der Waals surface area contributed by atoms with Gasteiger partial charge in [-0.2, -0.15) is 0 Å². The molecule has 3 heteroatoms. The van der Waals surface area contributed by atoms with Crippen LogP contribution in [-0.2, 0) is 16.3 Å². The first-order chi connectivity index (χ1) is 10.9. The standard InChI is InChI=1S/C20H34O2S/c1-5-18(4)20-14-12-19(13-15-20)11-9-7-6-8-10-16-23(21,22)17(2)3/h12-15,17-18H,5-11,16H2,1-4H3. The molecule has 2 nitrogen and oxygen atoms in total. The summed E-state index contributed by atoms with van der Waals surface area (Å²) in [6, 6.07) is 9.05. The van der Waals surface area contributed by atoms with Gasteiger partial charge in [-0.05, 0) is 56.6 Å². The Labute approximate surface area is 143 Å². The smallest absolute Gasteiger partial charge is 0.152 e. The van der Waals surface area contributed by atoms with E-state index in [0.29, 0.717) is 11.7 Å². The van der Waals surface area contributed by atoms with Gasteiger partial charge < -0.3 is 0 Å². The van der Waals surface area contributed by atoms with Crippen LogP contribution in [0.3, 0.4) is 0 Å². The molecule has 0 amide bonds. The molecule has 0 spiro atoms. The molecule has 0 heterocycles. The van der Waals surface area contributed by atoms with Crippen molar-refractivity contribution in [3.05, 3.63) is 35.4 Å². The Morgan fingerprint density at radius 1 is 0.870 bits per heavy atom. The van der Waals surface area contributed by atoms with Crippen LogP contribution in [0, 0.1) is 0 Å². The number of hydrogen-bond donors (Lipinski definition) is 0. The Kier molecular flexibility index (Phi) is 8.90. The molecule has 132 valence electrons. The summed E-state index contributed by atoms with van der Waals surface area (Å²) in [5, 5.41) is -0.235. The van der Waals surface area contributed by atoms with Gasteiger partial charge in [-0.3, -0.25) is 0 Å². The molecular formula is C20H34O2S. The van der Waals surface area contributed by atoms with E-state index in [1.165, 1.54) is 30.4 Å². The Hall–Kier alpha value is -0.830. The van der Waals surface area contributed by atoms with Gasteiger partial charge in [0.05, 0.1) is 11.0 Å². The van der Waals surface area contributed by atoms with Crippen molar-refractivity contribution in [2.45, 2.75) is 83.8 Å². The largest absolute Gasteiger partial charge is 0.229 e. The van der Waals surface area contributed by atoms with E-state index in [1.807, 2.05) is 0 Å². The van der Waals surface area contributed by atoms with Gasteiger partial charge in [-0.1, -0.05) is 57.4 Å². The zero-order valence-corrected chi connectivity index (χ0v) is 16.2. The third-order valence-corrected chi connectivity index (χ3v) is 7.07. The molecule has 0 fully saturated rings. The van der Waals surface area contributed by atoms with Gasteiger partial charge in [0.2, 0.25) is 0 Å². The minimum atomic E-state index is -2.85. The molecule has 0 radical (unpaired) electrons. The summed E-state index contributed by atoms with van der Waals surface area (Å²) in [5.41, 5.74) is 2.85. The molecule has 1 unspecified atom stereocenters. The zero-order chi connectivity index (χ0) is 17.3. The molecule has 1 rings (SSSR count). The van der Waals surface area contributed by atoms with Gasteiger partial charge in [0.1, 0.15) is 0 Å². The summed E-state index contributed by atoms with van der Waals surface area (Å²) in [6.07, 6.45) is 7.67. The van der Waals surface area contributed by atoms with Gasteiger partial charge in [0, 0.05) is 0 Å². The van der Waals surface area contributed by atoms with E-state index < -0.39 is 9.84 Å². The van der Waals surface area contributed by atoms with E-state index in [-0.39, 0.29) is 5.25 Å². The minimum Gasteiger partial charge on any atom is -0.229 e. The number of rotatable bonds is 11. The summed E-state index contributed by atoms with van der Waals surface area (Å²) in [7, 11) is -2.85. The number of sulfone groups is 1. The van der Waals surface area contributed by atoms with E-state index in [0.717, 1.165) is 25.7 Å². The lowest BCUT2D eigenvalue weighted by Gasteiger charge is -2.10. The summed E-state index contributed by atoms with van der Waals surface area (Å²) >= 11 is 0. The lowest BCUT2D eigenvalue weighted by molar-refractivity contribution is 0.577. The van der Waals surface area contributed by atoms with Crippen LogP contribution in [0.1, 0.15) is 83.3 Å². The van der Waals surface area contributed by atoms with Crippen molar-refractivity contribution in [2.75, 3.05) is 5.75 Å². The quantitative estimate of drug-likeness (QED) is 0.498. The summed E-state index contributed by atoms with van der Waals surface area (Å²) < 4.78 is 23.4. The summed E-state index contributed by atoms with van der Waals surface area (Å²) in [6.45, 7) is 8.03. The number of benzene rings is 1. The highest BCUT2D eigenvalue weighted by atomic mass is 32.2. The van der Waals surface area contributed by atoms with E-state index in [9.17, 15) is 8.42 Å². The second kappa shape index (κ2) is 10.1. The molecular weight excluding hydrogens is 304 g/mol. The summed E-state index contributed by atoms with van der Waals surface area (Å²) in [4.78, 5) is 0. The van der Waals surface area contributed by atoms with Crippen LogP contribution in [0.2, 0.25) is 0 Å². The van der Waals surface area contributed by atoms with Gasteiger partial charge in [0.25, 0.3) is 0 Å². The first kappa shape index (κ1) is 20.2. The zero-order valence-electron chi connectivity index (χ0n) is 15.3. The highest BCUT2D eigenvalue weighted by Gasteiger charge is 2.14. The van der Waals surface area contributed by atoms with Crippen LogP contribution < -0.4 is 0 Å². The van der Waals surface area contributed by atoms with Crippen molar-refractivity contribution in [2.24, 2.45) is 0 Å². The minimum absolute atomic E-state index is 0.235. The number of unbranched alkanes of at least 4 members (excludes halogenated alkanes) is 4. The van der Waals surface area contributed by atoms with Gasteiger partial charge in [-0.15, -0.1) is 0 Å². The van der Waals surface area contributed by atoms with Gasteiger partial charge >= 0.3 is 0 Å². The lowest BCUT2D eigenvalue weighted by Crippen LogP contribution is -2.17. The molecule has 0 N–H and O–H groups in total. The van der Waals surface area contributed by atoms with E-state index in [2.05, 4.69) is 38.1 Å². The maximum absolute atomic E-state index is 11.7. The fraction of sp³-hybridized carbons (Fsp3) is 0.700. The van der Waals surface area contributed by atoms with Gasteiger partial charge in [0.15, 0.2) is 9.84 Å². The Balaban J connectivity index is 2.16. The molecule has 0 aliphatic heterocycles. The topological polar surface area (TPSA) is 34.1 Å². The van der Waals surface area contributed by atoms with E-state index in [1.54, 1.807) is 13.8 Å². The Morgan fingerprint density at radius 3 is 2.00 bits per heavy atom. The second-order valence-electron chi connectivity index (χ2n) is 6.98. The van der Waals surface area contributed by atoms with Crippen LogP contribution in [0.5, 0.6) is 0 Å². The first-order valence-corrected chi connectivity index (χ1v) is 10.9. The molecule has 0 aliphatic rings. The fourth-order valence-corrected chi connectivity index (χ4v) is 3.72. The summed E-state index contributed by atoms with van der Waals surface area (Å²) in [5.74, 6) is 0.994. The van der Waals surface area contributed by atoms with E-state index >= 15 is 0 Å². The molecule has 0 bridgehead atoms. The molecule has 1 aromatic carbocycles. The number of aryl methyl sites for hydroxylation is 1. The number of hydrogen-bond acceptors (Lipinski definition) is 2. The fourth-order valence-electron chi connectivity index (χ4n) is 2.65. The van der Waals surface area contributed by atoms with Crippen molar-refractivity contribution in [3.8, 4) is 0 Å². The van der Waals surface area contributed by atoms with Gasteiger partial charge in [-0.25, -0.2) is 8.42 Å². The van der Waals surface area contributed by atoms with Crippen molar-refractivity contribution < 1.29 is 8.42 Å². The molecule has 23 heavy (non-hydrogen) atoms. The van der Waals surface area contributed by atoms with Crippen molar-refractivity contribution in [1.29, 1.82) is 0 Å². The average molecular weight is 339 g/mol. The first-order valence-electron chi connectivity index (χ1n) is 9.17. The highest BCUT2D eigenvalue weighted by molar-refractivity contribution is 7.91. The highest BCUT2D eigenvalue weighted by Crippen LogP contribution is 2.19. The maximum Gasteiger partial charge on any atom is 0.152 e. The second-order valence-corrected chi connectivity index (χ2v) is 9.66. The predicted molar refractivity (Wildman–Crippen MR) is 101 cm³/mol. The molecule has 0 aliphatic carbocycles. The molecule has 0 saturated carbocycles. The van der Waals surface area contributed by atoms with Crippen molar-refractivity contribution >= 4 is 9.84 Å².